The molecular formula is C10H27KN2NaO3P. The van der Waals surface area contributed by atoms with Gasteiger partial charge in [0.1, 0.15) is 6.23 Å². The van der Waals surface area contributed by atoms with Crippen LogP contribution in [0, 0.1) is 0 Å². The van der Waals surface area contributed by atoms with E-state index in [1.807, 2.05) is 6.92 Å². The van der Waals surface area contributed by atoms with Crippen LogP contribution in [0.2, 0.25) is 0 Å². The molecule has 0 amide bonds. The van der Waals surface area contributed by atoms with Gasteiger partial charge in [-0.2, -0.15) is 0 Å². The van der Waals surface area contributed by atoms with E-state index in [9.17, 15) is 4.57 Å². The molecule has 0 heterocycles. The van der Waals surface area contributed by atoms with Crippen LogP contribution >= 0.6 is 8.25 Å². The van der Waals surface area contributed by atoms with Crippen LogP contribution in [0.1, 0.15) is 45.4 Å². The summed E-state index contributed by atoms with van der Waals surface area (Å²) in [6.07, 6.45) is 5.10. The first-order chi connectivity index (χ1) is 7.70. The van der Waals surface area contributed by atoms with Gasteiger partial charge in [-0.3, -0.25) is 9.09 Å². The van der Waals surface area contributed by atoms with Gasteiger partial charge < -0.3 is 16.0 Å². The van der Waals surface area contributed by atoms with Crippen molar-refractivity contribution in [3.8, 4) is 0 Å². The second-order valence-electron chi connectivity index (χ2n) is 3.75. The van der Waals surface area contributed by atoms with Crippen LogP contribution in [0.15, 0.2) is 0 Å². The fraction of sp³-hybridized carbons (Fsp3) is 1.00. The molecule has 0 aliphatic heterocycles. The molecule has 4 N–H and O–H groups in total. The van der Waals surface area contributed by atoms with Gasteiger partial charge in [-0.1, -0.05) is 19.8 Å². The van der Waals surface area contributed by atoms with E-state index in [1.54, 1.807) is 0 Å². The van der Waals surface area contributed by atoms with Gasteiger partial charge in [-0.25, -0.2) is 0 Å². The van der Waals surface area contributed by atoms with Crippen LogP contribution in [0.5, 0.6) is 0 Å². The fourth-order valence-electron chi connectivity index (χ4n) is 1.18. The topological polar surface area (TPSA) is 87.6 Å². The Bertz CT molecular complexity index is 193. The van der Waals surface area contributed by atoms with Crippen LogP contribution in [-0.2, 0) is 13.6 Å². The summed E-state index contributed by atoms with van der Waals surface area (Å²) >= 11 is 0. The second kappa shape index (κ2) is 19.7. The zero-order valence-corrected chi connectivity index (χ0v) is 11.1. The Balaban J connectivity index is -0.00000112. The summed E-state index contributed by atoms with van der Waals surface area (Å²) in [4.78, 5) is 0. The van der Waals surface area contributed by atoms with E-state index in [1.165, 1.54) is 0 Å². The average molecular weight is 316 g/mol. The van der Waals surface area contributed by atoms with Gasteiger partial charge in [0.15, 0.2) is 0 Å². The molecule has 0 saturated heterocycles. The van der Waals surface area contributed by atoms with Crippen molar-refractivity contribution in [1.29, 1.82) is 0 Å². The van der Waals surface area contributed by atoms with E-state index >= 15 is 0 Å². The Morgan fingerprint density at radius 1 is 1.22 bits per heavy atom. The van der Waals surface area contributed by atoms with Crippen LogP contribution in [-0.4, -0.2) is 100 Å². The Hall–Kier alpha value is 2.71. The van der Waals surface area contributed by atoms with E-state index in [2.05, 4.69) is 0 Å². The molecule has 0 radical (unpaired) electrons. The van der Waals surface area contributed by atoms with Crippen molar-refractivity contribution < 1.29 is 13.6 Å². The summed E-state index contributed by atoms with van der Waals surface area (Å²) < 4.78 is 21.3. The molecule has 0 aromatic rings. The van der Waals surface area contributed by atoms with Crippen molar-refractivity contribution in [2.24, 2.45) is 11.5 Å². The van der Waals surface area contributed by atoms with E-state index in [0.717, 1.165) is 32.1 Å². The van der Waals surface area contributed by atoms with Gasteiger partial charge in [0.2, 0.25) is 0 Å². The molecule has 5 nitrogen and oxygen atoms in total. The maximum absolute atomic E-state index is 11.3. The minimum atomic E-state index is -2.40. The third-order valence-corrected chi connectivity index (χ3v) is 3.09. The molecule has 0 fully saturated rings. The summed E-state index contributed by atoms with van der Waals surface area (Å²) in [5.74, 6) is 0. The Labute approximate surface area is 176 Å². The van der Waals surface area contributed by atoms with E-state index in [-0.39, 0.29) is 80.9 Å². The molecule has 2 unspecified atom stereocenters. The Morgan fingerprint density at radius 3 is 2.44 bits per heavy atom. The number of rotatable bonds is 11. The summed E-state index contributed by atoms with van der Waals surface area (Å²) in [7, 11) is -2.40. The number of hydrogen-bond acceptors (Lipinski definition) is 5. The van der Waals surface area contributed by atoms with Crippen molar-refractivity contribution >= 4 is 89.2 Å². The molecule has 0 spiro atoms. The summed E-state index contributed by atoms with van der Waals surface area (Å²) in [6.45, 7) is 3.23. The molecule has 0 aliphatic rings. The molecule has 0 saturated carbocycles. The number of nitrogens with two attached hydrogens (primary N) is 2. The van der Waals surface area contributed by atoms with Crippen molar-refractivity contribution in [3.05, 3.63) is 0 Å². The predicted molar refractivity (Wildman–Crippen MR) is 80.7 cm³/mol. The molecule has 0 bridgehead atoms. The van der Waals surface area contributed by atoms with Gasteiger partial charge >= 0.3 is 89.2 Å². The quantitative estimate of drug-likeness (QED) is 0.254. The maximum atomic E-state index is 11.3. The van der Waals surface area contributed by atoms with Gasteiger partial charge in [-0.15, -0.1) is 0 Å². The van der Waals surface area contributed by atoms with E-state index in [4.69, 9.17) is 20.5 Å². The molecule has 102 valence electrons. The molecular weight excluding hydrogens is 289 g/mol. The second-order valence-corrected chi connectivity index (χ2v) is 4.77. The van der Waals surface area contributed by atoms with Crippen LogP contribution in [0.25, 0.3) is 0 Å². The SMILES string of the molecule is CCCCO[PH](=O)OC(N)CCCCCN.[KH].[NaH]. The number of hydrogen-bond donors (Lipinski definition) is 2. The molecule has 2 atom stereocenters. The molecule has 0 rings (SSSR count). The first kappa shape index (κ1) is 25.6. The fourth-order valence-corrected chi connectivity index (χ4v) is 1.93. The van der Waals surface area contributed by atoms with Crippen molar-refractivity contribution in [2.45, 2.75) is 51.7 Å². The standard InChI is InChI=1S/C10H25N2O3P.K.Na.2H/c1-2-3-9-14-16(13)15-10(12)7-5-4-6-8-11;;;;/h10,16H,2-9,11-12H2,1H3;;;;. The predicted octanol–water partition coefficient (Wildman–Crippen LogP) is 0.716. The van der Waals surface area contributed by atoms with Crippen molar-refractivity contribution in [2.75, 3.05) is 13.2 Å². The zero-order chi connectivity index (χ0) is 12.2. The minimum absolute atomic E-state index is 0. The first-order valence-electron chi connectivity index (χ1n) is 5.99. The molecule has 0 aliphatic carbocycles. The Kier molecular flexibility index (Phi) is 28.1. The normalized spacial score (nSPS) is 13.3. The van der Waals surface area contributed by atoms with Gasteiger partial charge in [-0.05, 0) is 32.2 Å². The van der Waals surface area contributed by atoms with E-state index in [0.29, 0.717) is 19.6 Å². The Morgan fingerprint density at radius 2 is 1.89 bits per heavy atom. The van der Waals surface area contributed by atoms with Crippen LogP contribution in [0.4, 0.5) is 0 Å². The van der Waals surface area contributed by atoms with Crippen LogP contribution < -0.4 is 11.5 Å². The monoisotopic (exact) mass is 316 g/mol. The molecule has 0 aromatic heterocycles. The van der Waals surface area contributed by atoms with Crippen LogP contribution in [0.3, 0.4) is 0 Å². The molecule has 0 aromatic carbocycles. The van der Waals surface area contributed by atoms with E-state index < -0.39 is 14.5 Å². The zero-order valence-electron chi connectivity index (χ0n) is 10.1. The number of unbranched alkanes of at least 4 members (excludes halogenated alkanes) is 3. The molecule has 8 heteroatoms. The van der Waals surface area contributed by atoms with Crippen molar-refractivity contribution in [1.82, 2.24) is 0 Å². The van der Waals surface area contributed by atoms with Gasteiger partial charge in [0.05, 0.1) is 6.61 Å². The third kappa shape index (κ3) is 18.7. The molecule has 18 heavy (non-hydrogen) atoms. The van der Waals surface area contributed by atoms with Gasteiger partial charge in [0.25, 0.3) is 0 Å². The summed E-state index contributed by atoms with van der Waals surface area (Å²) in [6, 6.07) is 0. The third-order valence-electron chi connectivity index (χ3n) is 2.16. The first-order valence-corrected chi connectivity index (χ1v) is 7.22. The summed E-state index contributed by atoms with van der Waals surface area (Å²) in [5.41, 5.74) is 11.0. The van der Waals surface area contributed by atoms with Gasteiger partial charge in [0, 0.05) is 0 Å². The summed E-state index contributed by atoms with van der Waals surface area (Å²) in [5, 5.41) is 0. The average Bonchev–Trinajstić information content (AvgIpc) is 2.25. The van der Waals surface area contributed by atoms with Crippen molar-refractivity contribution in [3.63, 3.8) is 0 Å².